The molecule has 18 heavy (non-hydrogen) atoms. The van der Waals surface area contributed by atoms with E-state index in [2.05, 4.69) is 30.9 Å². The van der Waals surface area contributed by atoms with E-state index in [1.54, 1.807) is 0 Å². The lowest BCUT2D eigenvalue weighted by atomic mass is 9.50. The topological polar surface area (TPSA) is 27.0 Å². The Labute approximate surface area is 115 Å². The molecule has 1 aliphatic heterocycles. The number of hydrogen-bond donors (Lipinski definition) is 0. The Hall–Kier alpha value is -1.14. The zero-order valence-corrected chi connectivity index (χ0v) is 11.7. The lowest BCUT2D eigenvalue weighted by Gasteiger charge is -2.29. The third-order valence-corrected chi connectivity index (χ3v) is 4.17. The maximum absolute atomic E-state index is 8.99. The van der Waals surface area contributed by atoms with Gasteiger partial charge in [0.15, 0.2) is 0 Å². The van der Waals surface area contributed by atoms with Crippen LogP contribution < -0.4 is 4.90 Å². The van der Waals surface area contributed by atoms with Gasteiger partial charge in [-0.05, 0) is 42.9 Å². The van der Waals surface area contributed by atoms with Gasteiger partial charge >= 0.3 is 0 Å². The summed E-state index contributed by atoms with van der Waals surface area (Å²) >= 11 is 6.04. The molecule has 1 aromatic carbocycles. The van der Waals surface area contributed by atoms with Crippen molar-refractivity contribution < 1.29 is 0 Å². The van der Waals surface area contributed by atoms with Crippen LogP contribution in [-0.2, 0) is 6.42 Å². The van der Waals surface area contributed by atoms with Crippen LogP contribution in [0.3, 0.4) is 0 Å². The van der Waals surface area contributed by atoms with Crippen LogP contribution in [0.4, 0.5) is 5.69 Å². The van der Waals surface area contributed by atoms with Gasteiger partial charge in [-0.25, -0.2) is 5.26 Å². The van der Waals surface area contributed by atoms with E-state index in [1.165, 1.54) is 11.3 Å². The quantitative estimate of drug-likeness (QED) is 0.776. The van der Waals surface area contributed by atoms with E-state index in [-0.39, 0.29) is 6.71 Å². The molecular weight excluding hydrogens is 242 g/mol. The summed E-state index contributed by atoms with van der Waals surface area (Å²) in [6, 6.07) is 6.58. The lowest BCUT2D eigenvalue weighted by molar-refractivity contribution is 0.688. The highest BCUT2D eigenvalue weighted by atomic mass is 35.5. The molecule has 0 saturated carbocycles. The summed E-state index contributed by atoms with van der Waals surface area (Å²) in [7, 11) is 2.13. The van der Waals surface area contributed by atoms with Crippen LogP contribution in [0.15, 0.2) is 18.2 Å². The minimum absolute atomic E-state index is 0.231. The average molecular weight is 261 g/mol. The molecule has 2 rings (SSSR count). The van der Waals surface area contributed by atoms with Crippen molar-refractivity contribution in [3.63, 3.8) is 0 Å². The molecule has 0 aliphatic carbocycles. The zero-order valence-electron chi connectivity index (χ0n) is 11.0. The van der Waals surface area contributed by atoms with Crippen molar-refractivity contribution in [1.29, 1.82) is 5.26 Å². The lowest BCUT2D eigenvalue weighted by Crippen LogP contribution is -2.30. The van der Waals surface area contributed by atoms with Gasteiger partial charge in [0.1, 0.15) is 0 Å². The number of hydrogen-bond acceptors (Lipinski definition) is 2. The fourth-order valence-corrected chi connectivity index (χ4v) is 3.00. The Morgan fingerprint density at radius 1 is 1.56 bits per heavy atom. The van der Waals surface area contributed by atoms with Crippen molar-refractivity contribution in [1.82, 2.24) is 0 Å². The van der Waals surface area contributed by atoms with E-state index in [0.717, 1.165) is 30.5 Å². The Kier molecular flexibility index (Phi) is 4.19. The first-order valence-corrected chi connectivity index (χ1v) is 6.94. The first-order chi connectivity index (χ1) is 8.65. The first kappa shape index (κ1) is 13.3. The van der Waals surface area contributed by atoms with Crippen LogP contribution in [0.25, 0.3) is 0 Å². The van der Waals surface area contributed by atoms with Crippen molar-refractivity contribution >= 4 is 24.0 Å². The van der Waals surface area contributed by atoms with E-state index in [0.29, 0.717) is 6.04 Å². The average Bonchev–Trinajstić information content (AvgIpc) is 2.86. The summed E-state index contributed by atoms with van der Waals surface area (Å²) in [5.74, 6) is 2.39. The fraction of sp³-hybridized carbons (Fsp3) is 0.500. The van der Waals surface area contributed by atoms with Crippen molar-refractivity contribution in [3.8, 4) is 5.97 Å². The molecule has 2 nitrogen and oxygen atoms in total. The predicted molar refractivity (Wildman–Crippen MR) is 78.6 cm³/mol. The molecule has 94 valence electrons. The molecule has 1 unspecified atom stereocenters. The molecule has 1 atom stereocenters. The van der Waals surface area contributed by atoms with Crippen molar-refractivity contribution in [2.75, 3.05) is 11.9 Å². The number of aryl methyl sites for hydroxylation is 1. The third-order valence-electron chi connectivity index (χ3n) is 3.94. The van der Waals surface area contributed by atoms with Gasteiger partial charge in [-0.3, -0.25) is 0 Å². The molecule has 1 aliphatic rings. The monoisotopic (exact) mass is 260 g/mol. The normalized spacial score (nSPS) is 18.8. The largest absolute Gasteiger partial charge is 0.372 e. The zero-order chi connectivity index (χ0) is 13.1. The van der Waals surface area contributed by atoms with Crippen LogP contribution in [0.1, 0.15) is 18.9 Å². The number of nitrogens with zero attached hydrogens (tertiary/aromatic N) is 2. The van der Waals surface area contributed by atoms with Gasteiger partial charge in [-0.15, -0.1) is 0 Å². The maximum atomic E-state index is 8.99. The van der Waals surface area contributed by atoms with Gasteiger partial charge in [-0.1, -0.05) is 24.8 Å². The third kappa shape index (κ3) is 2.65. The molecule has 0 bridgehead atoms. The van der Waals surface area contributed by atoms with Crippen LogP contribution in [-0.4, -0.2) is 19.8 Å². The summed E-state index contributed by atoms with van der Waals surface area (Å²) < 4.78 is 0. The number of benzene rings is 1. The van der Waals surface area contributed by atoms with Crippen LogP contribution in [0.2, 0.25) is 17.7 Å². The van der Waals surface area contributed by atoms with Crippen LogP contribution >= 0.6 is 11.6 Å². The maximum Gasteiger partial charge on any atom is 0.269 e. The van der Waals surface area contributed by atoms with Crippen molar-refractivity contribution in [2.45, 2.75) is 38.4 Å². The molecule has 0 radical (unpaired) electrons. The highest BCUT2D eigenvalue weighted by Crippen LogP contribution is 2.31. The number of halogens is 1. The Morgan fingerprint density at radius 2 is 2.33 bits per heavy atom. The number of anilines is 1. The van der Waals surface area contributed by atoms with Gasteiger partial charge in [0, 0.05) is 29.8 Å². The second-order valence-corrected chi connectivity index (χ2v) is 5.47. The molecule has 0 amide bonds. The molecule has 0 N–H and O–H groups in total. The van der Waals surface area contributed by atoms with Crippen LogP contribution in [0, 0.1) is 11.2 Å². The summed E-state index contributed by atoms with van der Waals surface area (Å²) in [6.07, 6.45) is 4.11. The van der Waals surface area contributed by atoms with Crippen molar-refractivity contribution in [3.05, 3.63) is 28.8 Å². The number of nitriles is 1. The molecule has 0 spiro atoms. The summed E-state index contributed by atoms with van der Waals surface area (Å²) in [5, 5.41) is 9.78. The number of rotatable bonds is 3. The van der Waals surface area contributed by atoms with E-state index < -0.39 is 0 Å². The van der Waals surface area contributed by atoms with E-state index in [4.69, 9.17) is 16.9 Å². The van der Waals surface area contributed by atoms with Gasteiger partial charge in [0.05, 0.1) is 0 Å². The fourth-order valence-electron chi connectivity index (χ4n) is 2.80. The minimum atomic E-state index is 0.231. The second kappa shape index (κ2) is 5.67. The molecule has 0 aromatic heterocycles. The van der Waals surface area contributed by atoms with Crippen LogP contribution in [0.5, 0.6) is 0 Å². The van der Waals surface area contributed by atoms with Gasteiger partial charge in [0.2, 0.25) is 0 Å². The van der Waals surface area contributed by atoms with Gasteiger partial charge in [0.25, 0.3) is 6.71 Å². The Morgan fingerprint density at radius 3 is 2.94 bits per heavy atom. The van der Waals surface area contributed by atoms with E-state index >= 15 is 0 Å². The summed E-state index contributed by atoms with van der Waals surface area (Å²) in [6.45, 7) is 2.38. The summed E-state index contributed by atoms with van der Waals surface area (Å²) in [4.78, 5) is 2.33. The molecule has 1 fully saturated rings. The smallest absolute Gasteiger partial charge is 0.269 e. The Bertz CT molecular complexity index is 469. The molecule has 4 heteroatoms. The predicted octanol–water partition coefficient (Wildman–Crippen LogP) is 3.67. The van der Waals surface area contributed by atoms with E-state index in [1.807, 2.05) is 12.1 Å². The SMILES string of the molecule is CCc1cc(Cl)ccc1N(C)C1CCB(C#N)C1. The molecular formula is C14H18BClN2. The molecule has 1 saturated heterocycles. The second-order valence-electron chi connectivity index (χ2n) is 5.03. The minimum Gasteiger partial charge on any atom is -0.372 e. The highest BCUT2D eigenvalue weighted by molar-refractivity contribution is 6.67. The van der Waals surface area contributed by atoms with Crippen molar-refractivity contribution in [2.24, 2.45) is 0 Å². The molecule has 1 aromatic rings. The summed E-state index contributed by atoms with van der Waals surface area (Å²) in [5.41, 5.74) is 2.54. The molecule has 1 heterocycles. The van der Waals surface area contributed by atoms with Gasteiger partial charge in [-0.2, -0.15) is 0 Å². The first-order valence-electron chi connectivity index (χ1n) is 6.56. The van der Waals surface area contributed by atoms with E-state index in [9.17, 15) is 0 Å². The Balaban J connectivity index is 2.19. The van der Waals surface area contributed by atoms with Gasteiger partial charge < -0.3 is 4.90 Å². The highest BCUT2D eigenvalue weighted by Gasteiger charge is 2.31. The standard InChI is InChI=1S/C14H18BClN2/c1-3-11-8-12(16)4-5-14(11)18(2)13-6-7-15(9-13)10-17/h4-5,8,13H,3,6-7,9H2,1-2H3.